The maximum absolute atomic E-state index is 13.8. The summed E-state index contributed by atoms with van der Waals surface area (Å²) in [6.45, 7) is 7.41. The van der Waals surface area contributed by atoms with Crippen molar-refractivity contribution in [3.63, 3.8) is 0 Å². The maximum atomic E-state index is 13.8. The zero-order valence-electron chi connectivity index (χ0n) is 21.3. The van der Waals surface area contributed by atoms with Gasteiger partial charge in [-0.3, -0.25) is 9.59 Å². The summed E-state index contributed by atoms with van der Waals surface area (Å²) in [6.07, 6.45) is -2.92. The molecule has 205 valence electrons. The van der Waals surface area contributed by atoms with Crippen LogP contribution < -0.4 is 16.4 Å². The molecule has 4 N–H and O–H groups in total. The number of carbonyl (C=O) groups is 3. The number of fused-ring (bicyclic) bond motifs is 1. The number of hydrogen-bond acceptors (Lipinski definition) is 6. The van der Waals surface area contributed by atoms with Crippen molar-refractivity contribution >= 4 is 23.5 Å². The van der Waals surface area contributed by atoms with Gasteiger partial charge in [0.25, 0.3) is 5.91 Å². The van der Waals surface area contributed by atoms with E-state index >= 15 is 0 Å². The molecule has 0 atom stereocenters. The molecule has 1 heterocycles. The van der Waals surface area contributed by atoms with Crippen LogP contribution in [0.25, 0.3) is 5.69 Å². The number of nitrogens with zero attached hydrogens (tertiary/aromatic N) is 2. The predicted octanol–water partition coefficient (Wildman–Crippen LogP) is 4.43. The Morgan fingerprint density at radius 3 is 2.50 bits per heavy atom. The second-order valence-electron chi connectivity index (χ2n) is 10.6. The largest absolute Gasteiger partial charge is 0.446 e. The van der Waals surface area contributed by atoms with Gasteiger partial charge in [0.2, 0.25) is 0 Å². The van der Waals surface area contributed by atoms with E-state index in [9.17, 15) is 27.6 Å². The molecule has 0 unspecified atom stereocenters. The monoisotopic (exact) mass is 534 g/mol. The lowest BCUT2D eigenvalue weighted by Gasteiger charge is -2.30. The van der Waals surface area contributed by atoms with Crippen molar-refractivity contribution in [2.45, 2.75) is 70.7 Å². The summed E-state index contributed by atoms with van der Waals surface area (Å²) in [7, 11) is 0. The SMILES string of the molecule is [CH2]CNC(=O)OC1CCC(Nc2cc(-n3nc(C(F)(F)F)c4c3CC(C)(C)CC4=O)ccc2C(N)=O)CC1. The molecule has 4 rings (SSSR count). The third-order valence-corrected chi connectivity index (χ3v) is 6.90. The number of ketones is 1. The first kappa shape index (κ1) is 27.5. The molecule has 0 saturated heterocycles. The van der Waals surface area contributed by atoms with Crippen LogP contribution in [0.15, 0.2) is 18.2 Å². The highest BCUT2D eigenvalue weighted by molar-refractivity contribution is 6.00. The number of Topliss-reactive ketones (excluding diaryl/α,β-unsaturated/α-hetero) is 1. The number of carbonyl (C=O) groups excluding carboxylic acids is 3. The summed E-state index contributed by atoms with van der Waals surface area (Å²) < 4.78 is 48.0. The summed E-state index contributed by atoms with van der Waals surface area (Å²) in [4.78, 5) is 36.6. The number of rotatable bonds is 6. The van der Waals surface area contributed by atoms with Crippen LogP contribution in [0.4, 0.5) is 23.7 Å². The Morgan fingerprint density at radius 1 is 1.21 bits per heavy atom. The fourth-order valence-corrected chi connectivity index (χ4v) is 5.20. The topological polar surface area (TPSA) is 128 Å². The summed E-state index contributed by atoms with van der Waals surface area (Å²) >= 11 is 0. The molecule has 2 aliphatic rings. The number of anilines is 1. The van der Waals surface area contributed by atoms with Crippen LogP contribution in [0, 0.1) is 12.3 Å². The second-order valence-corrected chi connectivity index (χ2v) is 10.6. The molecule has 2 aliphatic carbocycles. The molecular weight excluding hydrogens is 503 g/mol. The van der Waals surface area contributed by atoms with Gasteiger partial charge in [-0.15, -0.1) is 0 Å². The van der Waals surface area contributed by atoms with Crippen molar-refractivity contribution < 1.29 is 32.3 Å². The molecule has 12 heteroatoms. The van der Waals surface area contributed by atoms with Crippen LogP contribution in [0.5, 0.6) is 0 Å². The zero-order chi connectivity index (χ0) is 27.8. The molecule has 2 amide bonds. The average Bonchev–Trinajstić information content (AvgIpc) is 3.19. The van der Waals surface area contributed by atoms with Gasteiger partial charge in [0, 0.05) is 24.7 Å². The van der Waals surface area contributed by atoms with Gasteiger partial charge in [-0.1, -0.05) is 13.8 Å². The Hall–Kier alpha value is -3.57. The first-order valence-electron chi connectivity index (χ1n) is 12.5. The van der Waals surface area contributed by atoms with Gasteiger partial charge < -0.3 is 21.1 Å². The van der Waals surface area contributed by atoms with Crippen LogP contribution >= 0.6 is 0 Å². The second kappa shape index (κ2) is 10.3. The van der Waals surface area contributed by atoms with Crippen LogP contribution in [-0.2, 0) is 17.3 Å². The normalized spacial score (nSPS) is 20.9. The lowest BCUT2D eigenvalue weighted by Crippen LogP contribution is -2.34. The number of aromatic nitrogens is 2. The highest BCUT2D eigenvalue weighted by Gasteiger charge is 2.45. The molecule has 1 aromatic heterocycles. The number of benzene rings is 1. The number of hydrogen-bond donors (Lipinski definition) is 3. The van der Waals surface area contributed by atoms with Crippen molar-refractivity contribution in [2.75, 3.05) is 11.9 Å². The third kappa shape index (κ3) is 5.78. The number of alkyl carbamates (subject to hydrolysis) is 1. The van der Waals surface area contributed by atoms with Gasteiger partial charge in [0.05, 0.1) is 22.5 Å². The number of nitrogens with one attached hydrogen (secondary N) is 2. The predicted molar refractivity (Wildman–Crippen MR) is 133 cm³/mol. The molecule has 0 bridgehead atoms. The van der Waals surface area contributed by atoms with Crippen molar-refractivity contribution in [3.8, 4) is 5.69 Å². The van der Waals surface area contributed by atoms with Crippen LogP contribution in [-0.4, -0.2) is 46.3 Å². The van der Waals surface area contributed by atoms with Crippen LogP contribution in [0.2, 0.25) is 0 Å². The molecule has 1 fully saturated rings. The Balaban J connectivity index is 1.64. The first-order chi connectivity index (χ1) is 17.8. The summed E-state index contributed by atoms with van der Waals surface area (Å²) in [5.74, 6) is -1.29. The van der Waals surface area contributed by atoms with Gasteiger partial charge in [-0.2, -0.15) is 18.3 Å². The van der Waals surface area contributed by atoms with E-state index in [1.54, 1.807) is 0 Å². The van der Waals surface area contributed by atoms with Crippen molar-refractivity contribution in [1.29, 1.82) is 0 Å². The number of ether oxygens (including phenoxy) is 1. The molecular formula is C26H31F3N5O4. The smallest absolute Gasteiger partial charge is 0.435 e. The lowest BCUT2D eigenvalue weighted by atomic mass is 9.75. The Bertz CT molecular complexity index is 1250. The Morgan fingerprint density at radius 2 is 1.89 bits per heavy atom. The van der Waals surface area contributed by atoms with Crippen LogP contribution in [0.3, 0.4) is 0 Å². The van der Waals surface area contributed by atoms with E-state index in [-0.39, 0.29) is 48.5 Å². The summed E-state index contributed by atoms with van der Waals surface area (Å²) in [5, 5.41) is 9.60. The number of nitrogens with two attached hydrogens (primary N) is 1. The average molecular weight is 535 g/mol. The number of primary amides is 1. The van der Waals surface area contributed by atoms with Crippen molar-refractivity contribution in [2.24, 2.45) is 11.1 Å². The molecule has 9 nitrogen and oxygen atoms in total. The molecule has 38 heavy (non-hydrogen) atoms. The molecule has 0 aliphatic heterocycles. The summed E-state index contributed by atoms with van der Waals surface area (Å²) in [6, 6.07) is 4.35. The zero-order valence-corrected chi connectivity index (χ0v) is 21.3. The van der Waals surface area contributed by atoms with E-state index in [0.717, 1.165) is 4.68 Å². The van der Waals surface area contributed by atoms with E-state index in [4.69, 9.17) is 10.5 Å². The van der Waals surface area contributed by atoms with Crippen LogP contribution in [0.1, 0.15) is 78.1 Å². The molecule has 1 radical (unpaired) electrons. The van der Waals surface area contributed by atoms with E-state index in [2.05, 4.69) is 22.7 Å². The number of alkyl halides is 3. The maximum Gasteiger partial charge on any atom is 0.435 e. The van der Waals surface area contributed by atoms with Gasteiger partial charge >= 0.3 is 12.3 Å². The number of amides is 2. The Labute approximate surface area is 218 Å². The van der Waals surface area contributed by atoms with Gasteiger partial charge in [0.15, 0.2) is 11.5 Å². The van der Waals surface area contributed by atoms with E-state index < -0.39 is 40.6 Å². The fourth-order valence-electron chi connectivity index (χ4n) is 5.20. The fraction of sp³-hybridized carbons (Fsp3) is 0.500. The highest BCUT2D eigenvalue weighted by atomic mass is 19.4. The summed E-state index contributed by atoms with van der Waals surface area (Å²) in [5.41, 5.74) is 4.43. The van der Waals surface area contributed by atoms with E-state index in [1.807, 2.05) is 13.8 Å². The minimum absolute atomic E-state index is 0.00836. The van der Waals surface area contributed by atoms with Gasteiger partial charge in [-0.25, -0.2) is 9.48 Å². The molecule has 1 saturated carbocycles. The molecule has 1 aromatic carbocycles. The highest BCUT2D eigenvalue weighted by Crippen LogP contribution is 2.42. The minimum atomic E-state index is -4.80. The number of halogens is 3. The lowest BCUT2D eigenvalue weighted by molar-refractivity contribution is -0.141. The van der Waals surface area contributed by atoms with Gasteiger partial charge in [0.1, 0.15) is 6.10 Å². The molecule has 0 spiro atoms. The van der Waals surface area contributed by atoms with Crippen molar-refractivity contribution in [1.82, 2.24) is 15.1 Å². The third-order valence-electron chi connectivity index (χ3n) is 6.90. The minimum Gasteiger partial charge on any atom is -0.446 e. The van der Waals surface area contributed by atoms with E-state index in [1.165, 1.54) is 18.2 Å². The first-order valence-corrected chi connectivity index (χ1v) is 12.5. The van der Waals surface area contributed by atoms with Crippen molar-refractivity contribution in [3.05, 3.63) is 47.6 Å². The standard InChI is InChI=1S/C26H31F3N5O4/c1-4-31-24(37)38-16-8-5-14(6-9-16)32-18-11-15(7-10-17(18)23(30)36)34-19-12-25(2,3)13-20(35)21(19)22(33-34)26(27,28)29/h7,10-11,14,16,32H,1,4-6,8-9,12-13H2,2-3H3,(H2,30,36)(H,31,37). The van der Waals surface area contributed by atoms with E-state index in [0.29, 0.717) is 31.4 Å². The Kier molecular flexibility index (Phi) is 7.44. The van der Waals surface area contributed by atoms with Gasteiger partial charge in [-0.05, 0) is 62.6 Å². The molecule has 2 aromatic rings. The quantitative estimate of drug-likeness (QED) is 0.503.